The summed E-state index contributed by atoms with van der Waals surface area (Å²) in [6, 6.07) is 14.0. The van der Waals surface area contributed by atoms with Gasteiger partial charge in [-0.2, -0.15) is 0 Å². The lowest BCUT2D eigenvalue weighted by Gasteiger charge is -2.28. The van der Waals surface area contributed by atoms with Crippen LogP contribution in [0, 0.1) is 13.8 Å². The molecule has 132 valence electrons. The molecule has 0 aromatic heterocycles. The highest BCUT2D eigenvalue weighted by molar-refractivity contribution is 5.92. The van der Waals surface area contributed by atoms with Gasteiger partial charge < -0.3 is 15.0 Å². The van der Waals surface area contributed by atoms with E-state index >= 15 is 0 Å². The van der Waals surface area contributed by atoms with Crippen LogP contribution in [0.2, 0.25) is 0 Å². The Labute approximate surface area is 149 Å². The van der Waals surface area contributed by atoms with Crippen molar-refractivity contribution >= 4 is 17.3 Å². The summed E-state index contributed by atoms with van der Waals surface area (Å²) >= 11 is 0. The molecule has 0 unspecified atom stereocenters. The maximum absolute atomic E-state index is 12.1. The van der Waals surface area contributed by atoms with Crippen LogP contribution in [0.3, 0.4) is 0 Å². The minimum atomic E-state index is -0.148. The van der Waals surface area contributed by atoms with Crippen molar-refractivity contribution in [3.63, 3.8) is 0 Å². The molecule has 0 radical (unpaired) electrons. The number of piperidine rings is 1. The van der Waals surface area contributed by atoms with Gasteiger partial charge in [-0.3, -0.25) is 4.79 Å². The van der Waals surface area contributed by atoms with Crippen LogP contribution in [0.25, 0.3) is 0 Å². The second kappa shape index (κ2) is 8.06. The fourth-order valence-corrected chi connectivity index (χ4v) is 3.21. The summed E-state index contributed by atoms with van der Waals surface area (Å²) in [5.41, 5.74) is 4.25. The van der Waals surface area contributed by atoms with Gasteiger partial charge in [-0.1, -0.05) is 17.7 Å². The molecule has 25 heavy (non-hydrogen) atoms. The number of nitrogens with one attached hydrogen (secondary N) is 1. The monoisotopic (exact) mass is 338 g/mol. The lowest BCUT2D eigenvalue weighted by Crippen LogP contribution is -2.29. The molecule has 0 bridgehead atoms. The maximum atomic E-state index is 12.1. The zero-order valence-corrected chi connectivity index (χ0v) is 15.0. The van der Waals surface area contributed by atoms with Crippen LogP contribution in [0.5, 0.6) is 5.75 Å². The molecule has 3 rings (SSSR count). The standard InChI is InChI=1S/C21H26N2O2/c1-16-6-11-20(17(2)14-16)25-15-21(24)22-18-7-9-19(10-8-18)23-12-4-3-5-13-23/h6-11,14H,3-5,12-13,15H2,1-2H3,(H,22,24). The molecule has 1 saturated heterocycles. The van der Waals surface area contributed by atoms with Gasteiger partial charge in [0.15, 0.2) is 6.61 Å². The smallest absolute Gasteiger partial charge is 0.262 e. The first-order valence-electron chi connectivity index (χ1n) is 8.97. The fourth-order valence-electron chi connectivity index (χ4n) is 3.21. The Kier molecular flexibility index (Phi) is 5.59. The number of ether oxygens (including phenoxy) is 1. The number of rotatable bonds is 5. The van der Waals surface area contributed by atoms with E-state index in [1.807, 2.05) is 44.2 Å². The summed E-state index contributed by atoms with van der Waals surface area (Å²) in [4.78, 5) is 14.5. The molecule has 4 nitrogen and oxygen atoms in total. The molecule has 0 atom stereocenters. The van der Waals surface area contributed by atoms with Crippen LogP contribution in [0.4, 0.5) is 11.4 Å². The third-order valence-corrected chi connectivity index (χ3v) is 4.56. The molecule has 0 spiro atoms. The molecule has 1 aliphatic rings. The van der Waals surface area contributed by atoms with E-state index < -0.39 is 0 Å². The first-order valence-corrected chi connectivity index (χ1v) is 8.97. The number of benzene rings is 2. The molecular weight excluding hydrogens is 312 g/mol. The average molecular weight is 338 g/mol. The number of nitrogens with zero attached hydrogens (tertiary/aromatic N) is 1. The molecule has 0 saturated carbocycles. The molecule has 1 N–H and O–H groups in total. The highest BCUT2D eigenvalue weighted by Crippen LogP contribution is 2.22. The van der Waals surface area contributed by atoms with Crippen LogP contribution in [-0.4, -0.2) is 25.6 Å². The maximum Gasteiger partial charge on any atom is 0.262 e. The second-order valence-corrected chi connectivity index (χ2v) is 6.70. The van der Waals surface area contributed by atoms with Crippen molar-refractivity contribution in [3.8, 4) is 5.75 Å². The lowest BCUT2D eigenvalue weighted by molar-refractivity contribution is -0.118. The van der Waals surface area contributed by atoms with Crippen molar-refractivity contribution in [2.24, 2.45) is 0 Å². The summed E-state index contributed by atoms with van der Waals surface area (Å²) < 4.78 is 5.62. The molecule has 4 heteroatoms. The van der Waals surface area contributed by atoms with Crippen molar-refractivity contribution in [2.75, 3.05) is 29.9 Å². The molecule has 2 aromatic carbocycles. The molecule has 1 fully saturated rings. The van der Waals surface area contributed by atoms with Gasteiger partial charge in [0.25, 0.3) is 5.91 Å². The van der Waals surface area contributed by atoms with Crippen molar-refractivity contribution in [1.29, 1.82) is 0 Å². The first-order chi connectivity index (χ1) is 12.1. The zero-order chi connectivity index (χ0) is 17.6. The number of aryl methyl sites for hydroxylation is 2. The Balaban J connectivity index is 1.52. The zero-order valence-electron chi connectivity index (χ0n) is 15.0. The van der Waals surface area contributed by atoms with Crippen LogP contribution in [0.15, 0.2) is 42.5 Å². The van der Waals surface area contributed by atoms with Gasteiger partial charge in [-0.05, 0) is 69.0 Å². The Morgan fingerprint density at radius 1 is 1.04 bits per heavy atom. The highest BCUT2D eigenvalue weighted by Gasteiger charge is 2.11. The SMILES string of the molecule is Cc1ccc(OCC(=O)Nc2ccc(N3CCCCC3)cc2)c(C)c1. The molecule has 2 aromatic rings. The average Bonchev–Trinajstić information content (AvgIpc) is 2.62. The summed E-state index contributed by atoms with van der Waals surface area (Å²) in [5.74, 6) is 0.604. The predicted octanol–water partition coefficient (Wildman–Crippen LogP) is 4.31. The van der Waals surface area contributed by atoms with E-state index in [4.69, 9.17) is 4.74 Å². The van der Waals surface area contributed by atoms with Crippen molar-refractivity contribution < 1.29 is 9.53 Å². The fraction of sp³-hybridized carbons (Fsp3) is 0.381. The highest BCUT2D eigenvalue weighted by atomic mass is 16.5. The molecule has 0 aliphatic carbocycles. The normalized spacial score (nSPS) is 14.2. The number of carbonyl (C=O) groups excluding carboxylic acids is 1. The van der Waals surface area contributed by atoms with E-state index in [1.165, 1.54) is 30.5 Å². The number of anilines is 2. The van der Waals surface area contributed by atoms with Gasteiger partial charge in [-0.25, -0.2) is 0 Å². The largest absolute Gasteiger partial charge is 0.483 e. The van der Waals surface area contributed by atoms with E-state index in [-0.39, 0.29) is 12.5 Å². The Bertz CT molecular complexity index is 719. The predicted molar refractivity (Wildman–Crippen MR) is 103 cm³/mol. The number of hydrogen-bond donors (Lipinski definition) is 1. The van der Waals surface area contributed by atoms with E-state index in [2.05, 4.69) is 22.3 Å². The Hall–Kier alpha value is -2.49. The quantitative estimate of drug-likeness (QED) is 0.883. The first kappa shape index (κ1) is 17.3. The van der Waals surface area contributed by atoms with Crippen molar-refractivity contribution in [1.82, 2.24) is 0 Å². The van der Waals surface area contributed by atoms with E-state index in [9.17, 15) is 4.79 Å². The van der Waals surface area contributed by atoms with Crippen molar-refractivity contribution in [2.45, 2.75) is 33.1 Å². The second-order valence-electron chi connectivity index (χ2n) is 6.70. The van der Waals surface area contributed by atoms with Crippen LogP contribution >= 0.6 is 0 Å². The van der Waals surface area contributed by atoms with Gasteiger partial charge in [0, 0.05) is 24.5 Å². The minimum Gasteiger partial charge on any atom is -0.483 e. The summed E-state index contributed by atoms with van der Waals surface area (Å²) in [6.07, 6.45) is 3.84. The third kappa shape index (κ3) is 4.75. The summed E-state index contributed by atoms with van der Waals surface area (Å²) in [5, 5.41) is 2.89. The van der Waals surface area contributed by atoms with Crippen LogP contribution in [-0.2, 0) is 4.79 Å². The van der Waals surface area contributed by atoms with Crippen LogP contribution < -0.4 is 15.0 Å². The topological polar surface area (TPSA) is 41.6 Å². The number of amides is 1. The van der Waals surface area contributed by atoms with Crippen LogP contribution in [0.1, 0.15) is 30.4 Å². The molecular formula is C21H26N2O2. The van der Waals surface area contributed by atoms with Gasteiger partial charge in [0.1, 0.15) is 5.75 Å². The third-order valence-electron chi connectivity index (χ3n) is 4.56. The number of carbonyl (C=O) groups is 1. The lowest BCUT2D eigenvalue weighted by atomic mass is 10.1. The van der Waals surface area contributed by atoms with E-state index in [1.54, 1.807) is 0 Å². The Morgan fingerprint density at radius 2 is 1.76 bits per heavy atom. The van der Waals surface area contributed by atoms with Gasteiger partial charge in [0.05, 0.1) is 0 Å². The van der Waals surface area contributed by atoms with Crippen molar-refractivity contribution in [3.05, 3.63) is 53.6 Å². The van der Waals surface area contributed by atoms with E-state index in [0.717, 1.165) is 30.1 Å². The molecule has 1 aliphatic heterocycles. The summed E-state index contributed by atoms with van der Waals surface area (Å²) in [6.45, 7) is 6.28. The van der Waals surface area contributed by atoms with Gasteiger partial charge in [0.2, 0.25) is 0 Å². The summed E-state index contributed by atoms with van der Waals surface area (Å²) in [7, 11) is 0. The number of hydrogen-bond acceptors (Lipinski definition) is 3. The molecule has 1 amide bonds. The van der Waals surface area contributed by atoms with Gasteiger partial charge in [-0.15, -0.1) is 0 Å². The Morgan fingerprint density at radius 3 is 2.44 bits per heavy atom. The minimum absolute atomic E-state index is 0.0117. The molecule has 1 heterocycles. The van der Waals surface area contributed by atoms with Gasteiger partial charge >= 0.3 is 0 Å². The van der Waals surface area contributed by atoms with E-state index in [0.29, 0.717) is 0 Å².